The molecule has 0 aliphatic rings. The third-order valence-corrected chi connectivity index (χ3v) is 5.93. The minimum absolute atomic E-state index is 0.0355. The van der Waals surface area contributed by atoms with Gasteiger partial charge in [-0.3, -0.25) is 9.78 Å². The summed E-state index contributed by atoms with van der Waals surface area (Å²) in [4.78, 5) is 18.1. The highest BCUT2D eigenvalue weighted by atomic mass is 35.5. The summed E-state index contributed by atoms with van der Waals surface area (Å²) in [5, 5.41) is 6.83. The second-order valence-electron chi connectivity index (χ2n) is 6.69. The molecule has 2 heterocycles. The van der Waals surface area contributed by atoms with Crippen molar-refractivity contribution in [2.75, 3.05) is 5.32 Å². The molecule has 0 spiro atoms. The maximum atomic E-state index is 14.4. The number of aromatic nitrogens is 2. The number of thioether (sulfide) groups is 1. The summed E-state index contributed by atoms with van der Waals surface area (Å²) >= 11 is 7.81. The average molecular weight is 454 g/mol. The van der Waals surface area contributed by atoms with Crippen LogP contribution in [-0.4, -0.2) is 16.0 Å². The fourth-order valence-electron chi connectivity index (χ4n) is 3.01. The van der Waals surface area contributed by atoms with Gasteiger partial charge in [-0.1, -0.05) is 28.9 Å². The van der Waals surface area contributed by atoms with E-state index in [1.165, 1.54) is 18.2 Å². The molecule has 0 bridgehead atoms. The quantitative estimate of drug-likeness (QED) is 0.343. The zero-order chi connectivity index (χ0) is 21.8. The SMILES string of the molecule is Cc1onc(-c2c(F)cccc2Cl)c1C(=O)Nc1ccc(SCc2cccnc2)cc1. The number of rotatable bonds is 6. The van der Waals surface area contributed by atoms with Crippen molar-refractivity contribution in [2.24, 2.45) is 0 Å². The molecule has 2 aromatic carbocycles. The summed E-state index contributed by atoms with van der Waals surface area (Å²) in [6.07, 6.45) is 3.58. The lowest BCUT2D eigenvalue weighted by Gasteiger charge is -2.08. The average Bonchev–Trinajstić information content (AvgIpc) is 3.15. The van der Waals surface area contributed by atoms with E-state index in [0.29, 0.717) is 5.69 Å². The van der Waals surface area contributed by atoms with Crippen LogP contribution in [0.15, 0.2) is 76.4 Å². The van der Waals surface area contributed by atoms with E-state index in [1.807, 2.05) is 42.6 Å². The molecule has 0 aliphatic heterocycles. The van der Waals surface area contributed by atoms with Crippen molar-refractivity contribution in [3.8, 4) is 11.3 Å². The molecule has 156 valence electrons. The van der Waals surface area contributed by atoms with Crippen LogP contribution in [0.3, 0.4) is 0 Å². The van der Waals surface area contributed by atoms with Crippen molar-refractivity contribution in [3.05, 3.63) is 94.7 Å². The van der Waals surface area contributed by atoms with Crippen molar-refractivity contribution < 1.29 is 13.7 Å². The summed E-state index contributed by atoms with van der Waals surface area (Å²) in [7, 11) is 0. The lowest BCUT2D eigenvalue weighted by Crippen LogP contribution is -2.13. The Labute approximate surface area is 187 Å². The van der Waals surface area contributed by atoms with Crippen LogP contribution in [0.25, 0.3) is 11.3 Å². The summed E-state index contributed by atoms with van der Waals surface area (Å²) < 4.78 is 19.5. The van der Waals surface area contributed by atoms with Gasteiger partial charge >= 0.3 is 0 Å². The largest absolute Gasteiger partial charge is 0.360 e. The van der Waals surface area contributed by atoms with Crippen LogP contribution in [0.5, 0.6) is 0 Å². The van der Waals surface area contributed by atoms with Gasteiger partial charge in [0, 0.05) is 28.7 Å². The molecule has 1 amide bonds. The third kappa shape index (κ3) is 4.78. The summed E-state index contributed by atoms with van der Waals surface area (Å²) in [5.74, 6) is 0.0378. The zero-order valence-corrected chi connectivity index (χ0v) is 18.0. The Morgan fingerprint density at radius 3 is 2.68 bits per heavy atom. The maximum absolute atomic E-state index is 14.4. The monoisotopic (exact) mass is 453 g/mol. The van der Waals surface area contributed by atoms with Gasteiger partial charge in [-0.15, -0.1) is 11.8 Å². The minimum atomic E-state index is -0.579. The van der Waals surface area contributed by atoms with E-state index in [9.17, 15) is 9.18 Å². The number of anilines is 1. The highest BCUT2D eigenvalue weighted by Crippen LogP contribution is 2.34. The second-order valence-corrected chi connectivity index (χ2v) is 8.14. The number of hydrogen-bond acceptors (Lipinski definition) is 5. The lowest BCUT2D eigenvalue weighted by atomic mass is 10.0. The highest BCUT2D eigenvalue weighted by Gasteiger charge is 2.25. The Morgan fingerprint density at radius 1 is 1.16 bits per heavy atom. The third-order valence-electron chi connectivity index (χ3n) is 4.53. The molecule has 1 N–H and O–H groups in total. The van der Waals surface area contributed by atoms with Gasteiger partial charge in [0.15, 0.2) is 0 Å². The molecule has 4 aromatic rings. The molecule has 0 saturated carbocycles. The minimum Gasteiger partial charge on any atom is -0.360 e. The van der Waals surface area contributed by atoms with Crippen LogP contribution in [0.2, 0.25) is 5.02 Å². The number of amides is 1. The van der Waals surface area contributed by atoms with Crippen LogP contribution in [0.1, 0.15) is 21.7 Å². The molecule has 2 aromatic heterocycles. The molecule has 0 unspecified atom stereocenters. The van der Waals surface area contributed by atoms with E-state index < -0.39 is 11.7 Å². The number of aryl methyl sites for hydroxylation is 1. The van der Waals surface area contributed by atoms with Crippen molar-refractivity contribution in [1.82, 2.24) is 10.1 Å². The number of carbonyl (C=O) groups is 1. The molecule has 0 radical (unpaired) electrons. The van der Waals surface area contributed by atoms with Crippen LogP contribution < -0.4 is 5.32 Å². The molecule has 8 heteroatoms. The van der Waals surface area contributed by atoms with E-state index in [4.69, 9.17) is 16.1 Å². The van der Waals surface area contributed by atoms with E-state index >= 15 is 0 Å². The molecule has 0 saturated heterocycles. The first kappa shape index (κ1) is 21.1. The molecular weight excluding hydrogens is 437 g/mol. The van der Waals surface area contributed by atoms with Crippen molar-refractivity contribution >= 4 is 35.0 Å². The van der Waals surface area contributed by atoms with Gasteiger partial charge in [-0.25, -0.2) is 4.39 Å². The number of carbonyl (C=O) groups excluding carboxylic acids is 1. The van der Waals surface area contributed by atoms with Crippen LogP contribution >= 0.6 is 23.4 Å². The number of nitrogens with zero attached hydrogens (tertiary/aromatic N) is 2. The van der Waals surface area contributed by atoms with E-state index in [1.54, 1.807) is 24.9 Å². The van der Waals surface area contributed by atoms with E-state index in [0.717, 1.165) is 16.2 Å². The Morgan fingerprint density at radius 2 is 1.97 bits per heavy atom. The summed E-state index contributed by atoms with van der Waals surface area (Å²) in [6, 6.07) is 15.7. The first-order chi connectivity index (χ1) is 15.0. The van der Waals surface area contributed by atoms with E-state index in [-0.39, 0.29) is 27.6 Å². The zero-order valence-electron chi connectivity index (χ0n) is 16.4. The van der Waals surface area contributed by atoms with Gasteiger partial charge in [-0.2, -0.15) is 0 Å². The fourth-order valence-corrected chi connectivity index (χ4v) is 4.10. The number of hydrogen-bond donors (Lipinski definition) is 1. The van der Waals surface area contributed by atoms with Gasteiger partial charge in [-0.05, 0) is 55.0 Å². The summed E-state index contributed by atoms with van der Waals surface area (Å²) in [6.45, 7) is 1.60. The molecule has 0 fully saturated rings. The molecule has 31 heavy (non-hydrogen) atoms. The second kappa shape index (κ2) is 9.32. The number of pyridine rings is 1. The summed E-state index contributed by atoms with van der Waals surface area (Å²) in [5.41, 5.74) is 1.98. The standard InChI is InChI=1S/C23H17ClFN3O2S/c1-14-20(22(28-30-14)21-18(24)5-2-6-19(21)25)23(29)27-16-7-9-17(10-8-16)31-13-15-4-3-11-26-12-15/h2-12H,13H2,1H3,(H,27,29). The van der Waals surface area contributed by atoms with Crippen LogP contribution in [-0.2, 0) is 5.75 Å². The Balaban J connectivity index is 1.50. The van der Waals surface area contributed by atoms with E-state index in [2.05, 4.69) is 15.5 Å². The van der Waals surface area contributed by atoms with Gasteiger partial charge < -0.3 is 9.84 Å². The fraction of sp³-hybridized carbons (Fsp3) is 0.0870. The molecule has 4 rings (SSSR count). The normalized spacial score (nSPS) is 10.8. The number of halogens is 2. The number of nitrogens with one attached hydrogen (secondary N) is 1. The smallest absolute Gasteiger partial charge is 0.261 e. The van der Waals surface area contributed by atoms with Crippen molar-refractivity contribution in [3.63, 3.8) is 0 Å². The lowest BCUT2D eigenvalue weighted by molar-refractivity contribution is 0.102. The van der Waals surface area contributed by atoms with Crippen LogP contribution in [0.4, 0.5) is 10.1 Å². The van der Waals surface area contributed by atoms with Crippen LogP contribution in [0, 0.1) is 12.7 Å². The topological polar surface area (TPSA) is 68.0 Å². The molecule has 0 aliphatic carbocycles. The predicted molar refractivity (Wildman–Crippen MR) is 120 cm³/mol. The molecule has 5 nitrogen and oxygen atoms in total. The first-order valence-electron chi connectivity index (χ1n) is 9.36. The predicted octanol–water partition coefficient (Wildman–Crippen LogP) is 6.38. The van der Waals surface area contributed by atoms with Gasteiger partial charge in [0.1, 0.15) is 22.8 Å². The van der Waals surface area contributed by atoms with Crippen molar-refractivity contribution in [2.45, 2.75) is 17.6 Å². The maximum Gasteiger partial charge on any atom is 0.261 e. The number of benzene rings is 2. The Hall–Kier alpha value is -3.16. The van der Waals surface area contributed by atoms with Gasteiger partial charge in [0.2, 0.25) is 0 Å². The Bertz CT molecular complexity index is 1190. The molecular formula is C23H17ClFN3O2S. The van der Waals surface area contributed by atoms with Gasteiger partial charge in [0.05, 0.1) is 10.6 Å². The molecule has 0 atom stereocenters. The van der Waals surface area contributed by atoms with Crippen molar-refractivity contribution in [1.29, 1.82) is 0 Å². The highest BCUT2D eigenvalue weighted by molar-refractivity contribution is 7.98. The Kier molecular flexibility index (Phi) is 6.34. The first-order valence-corrected chi connectivity index (χ1v) is 10.7. The van der Waals surface area contributed by atoms with Gasteiger partial charge in [0.25, 0.3) is 5.91 Å².